The van der Waals surface area contributed by atoms with Crippen LogP contribution in [0.2, 0.25) is 0 Å². The van der Waals surface area contributed by atoms with Crippen LogP contribution in [0, 0.1) is 12.8 Å². The lowest BCUT2D eigenvalue weighted by Gasteiger charge is -2.12. The van der Waals surface area contributed by atoms with Crippen molar-refractivity contribution in [2.24, 2.45) is 5.92 Å². The van der Waals surface area contributed by atoms with Gasteiger partial charge in [-0.15, -0.1) is 0 Å². The number of carbonyl (C=O) groups excluding carboxylic acids is 1. The van der Waals surface area contributed by atoms with Gasteiger partial charge in [0.1, 0.15) is 5.75 Å². The van der Waals surface area contributed by atoms with Gasteiger partial charge in [-0.05, 0) is 48.3 Å². The first-order chi connectivity index (χ1) is 11.9. The molecule has 0 fully saturated rings. The number of thiocarbonyl (C=S) groups is 1. The maximum atomic E-state index is 12.1. The summed E-state index contributed by atoms with van der Waals surface area (Å²) in [5.74, 6) is 1.09. The number of aryl methyl sites for hydroxylation is 1. The third-order valence-corrected chi connectivity index (χ3v) is 3.74. The van der Waals surface area contributed by atoms with Crippen molar-refractivity contribution in [3.63, 3.8) is 0 Å². The highest BCUT2D eigenvalue weighted by Crippen LogP contribution is 2.18. The van der Waals surface area contributed by atoms with E-state index >= 15 is 0 Å². The summed E-state index contributed by atoms with van der Waals surface area (Å²) in [5, 5.41) is 6.01. The molecule has 0 bridgehead atoms. The Bertz CT molecular complexity index is 744. The highest BCUT2D eigenvalue weighted by atomic mass is 32.1. The Balaban J connectivity index is 1.88. The third kappa shape index (κ3) is 6.55. The van der Waals surface area contributed by atoms with Gasteiger partial charge in [0.25, 0.3) is 0 Å². The van der Waals surface area contributed by atoms with E-state index in [0.717, 1.165) is 22.6 Å². The summed E-state index contributed by atoms with van der Waals surface area (Å²) in [7, 11) is 0. The molecule has 0 radical (unpaired) electrons. The smallest absolute Gasteiger partial charge is 0.230 e. The minimum Gasteiger partial charge on any atom is -0.493 e. The number of ether oxygens (including phenoxy) is 1. The molecule has 0 aliphatic heterocycles. The van der Waals surface area contributed by atoms with Crippen molar-refractivity contribution in [3.05, 3.63) is 59.7 Å². The zero-order valence-corrected chi connectivity index (χ0v) is 15.7. The Kier molecular flexibility index (Phi) is 6.95. The number of carbonyl (C=O) groups is 1. The van der Waals surface area contributed by atoms with Crippen LogP contribution < -0.4 is 15.4 Å². The molecule has 0 atom stereocenters. The van der Waals surface area contributed by atoms with Crippen LogP contribution in [0.5, 0.6) is 5.75 Å². The third-order valence-electron chi connectivity index (χ3n) is 3.54. The molecule has 2 aromatic carbocycles. The summed E-state index contributed by atoms with van der Waals surface area (Å²) in [5.41, 5.74) is 2.86. The van der Waals surface area contributed by atoms with E-state index in [1.165, 1.54) is 0 Å². The number of anilines is 1. The number of nitrogens with one attached hydrogen (secondary N) is 2. The van der Waals surface area contributed by atoms with E-state index in [4.69, 9.17) is 17.0 Å². The van der Waals surface area contributed by atoms with Crippen LogP contribution in [-0.4, -0.2) is 17.6 Å². The number of hydrogen-bond donors (Lipinski definition) is 2. The van der Waals surface area contributed by atoms with E-state index in [2.05, 4.69) is 24.5 Å². The highest BCUT2D eigenvalue weighted by molar-refractivity contribution is 7.80. The van der Waals surface area contributed by atoms with Crippen molar-refractivity contribution in [2.75, 3.05) is 11.9 Å². The highest BCUT2D eigenvalue weighted by Gasteiger charge is 2.08. The van der Waals surface area contributed by atoms with Crippen molar-refractivity contribution in [2.45, 2.75) is 27.2 Å². The topological polar surface area (TPSA) is 50.4 Å². The lowest BCUT2D eigenvalue weighted by Crippen LogP contribution is -2.35. The molecule has 0 heterocycles. The molecule has 0 unspecified atom stereocenters. The second kappa shape index (κ2) is 9.18. The minimum absolute atomic E-state index is 0.140. The molecule has 132 valence electrons. The van der Waals surface area contributed by atoms with Gasteiger partial charge in [-0.2, -0.15) is 0 Å². The van der Waals surface area contributed by atoms with E-state index in [9.17, 15) is 4.79 Å². The van der Waals surface area contributed by atoms with E-state index in [1.54, 1.807) is 0 Å². The SMILES string of the molecule is Cc1ccccc1CC(=O)NC(=S)Nc1cccc(OCC(C)C)c1. The van der Waals surface area contributed by atoms with Gasteiger partial charge in [0, 0.05) is 11.8 Å². The summed E-state index contributed by atoms with van der Waals surface area (Å²) >= 11 is 5.23. The van der Waals surface area contributed by atoms with Crippen LogP contribution in [0.1, 0.15) is 25.0 Å². The average molecular weight is 356 g/mol. The molecule has 2 rings (SSSR count). The first-order valence-corrected chi connectivity index (χ1v) is 8.73. The van der Waals surface area contributed by atoms with Gasteiger partial charge in [-0.3, -0.25) is 4.79 Å². The lowest BCUT2D eigenvalue weighted by molar-refractivity contribution is -0.119. The van der Waals surface area contributed by atoms with E-state index < -0.39 is 0 Å². The molecule has 2 aromatic rings. The largest absolute Gasteiger partial charge is 0.493 e. The van der Waals surface area contributed by atoms with Gasteiger partial charge in [-0.25, -0.2) is 0 Å². The van der Waals surface area contributed by atoms with Crippen LogP contribution in [0.15, 0.2) is 48.5 Å². The van der Waals surface area contributed by atoms with E-state index in [1.807, 2.05) is 55.5 Å². The second-order valence-electron chi connectivity index (χ2n) is 6.34. The summed E-state index contributed by atoms with van der Waals surface area (Å²) in [6.45, 7) is 6.84. The van der Waals surface area contributed by atoms with Crippen LogP contribution in [-0.2, 0) is 11.2 Å². The number of rotatable bonds is 6. The number of amides is 1. The predicted molar refractivity (Wildman–Crippen MR) is 106 cm³/mol. The van der Waals surface area contributed by atoms with E-state index in [-0.39, 0.29) is 11.0 Å². The Hall–Kier alpha value is -2.40. The van der Waals surface area contributed by atoms with Gasteiger partial charge in [-0.1, -0.05) is 44.2 Å². The van der Waals surface area contributed by atoms with Crippen molar-refractivity contribution >= 4 is 28.9 Å². The normalized spacial score (nSPS) is 10.4. The Morgan fingerprint density at radius 2 is 1.92 bits per heavy atom. The fraction of sp³-hybridized carbons (Fsp3) is 0.300. The van der Waals surface area contributed by atoms with Crippen molar-refractivity contribution in [1.82, 2.24) is 5.32 Å². The van der Waals surface area contributed by atoms with Crippen LogP contribution in [0.4, 0.5) is 5.69 Å². The fourth-order valence-corrected chi connectivity index (χ4v) is 2.47. The fourth-order valence-electron chi connectivity index (χ4n) is 2.24. The van der Waals surface area contributed by atoms with Gasteiger partial charge < -0.3 is 15.4 Å². The monoisotopic (exact) mass is 356 g/mol. The molecular formula is C20H24N2O2S. The second-order valence-corrected chi connectivity index (χ2v) is 6.75. The van der Waals surface area contributed by atoms with E-state index in [0.29, 0.717) is 18.9 Å². The predicted octanol–water partition coefficient (Wildman–Crippen LogP) is 4.09. The Labute approximate surface area is 154 Å². The molecule has 0 spiro atoms. The van der Waals surface area contributed by atoms with Crippen molar-refractivity contribution in [3.8, 4) is 5.75 Å². The zero-order valence-electron chi connectivity index (χ0n) is 14.8. The van der Waals surface area contributed by atoms with Crippen LogP contribution in [0.3, 0.4) is 0 Å². The van der Waals surface area contributed by atoms with Gasteiger partial charge >= 0.3 is 0 Å². The first-order valence-electron chi connectivity index (χ1n) is 8.32. The first kappa shape index (κ1) is 18.9. The summed E-state index contributed by atoms with van der Waals surface area (Å²) in [4.78, 5) is 12.1. The summed E-state index contributed by atoms with van der Waals surface area (Å²) in [6.07, 6.45) is 0.298. The van der Waals surface area contributed by atoms with Crippen molar-refractivity contribution < 1.29 is 9.53 Å². The molecule has 2 N–H and O–H groups in total. The molecule has 25 heavy (non-hydrogen) atoms. The maximum Gasteiger partial charge on any atom is 0.230 e. The standard InChI is InChI=1S/C20H24N2O2S/c1-14(2)13-24-18-10-6-9-17(12-18)21-20(25)22-19(23)11-16-8-5-4-7-15(16)3/h4-10,12,14H,11,13H2,1-3H3,(H2,21,22,23,25). The molecule has 0 aliphatic rings. The lowest BCUT2D eigenvalue weighted by atomic mass is 10.1. The summed E-state index contributed by atoms with van der Waals surface area (Å²) < 4.78 is 5.69. The average Bonchev–Trinajstić information content (AvgIpc) is 2.55. The zero-order chi connectivity index (χ0) is 18.2. The van der Waals surface area contributed by atoms with Gasteiger partial charge in [0.15, 0.2) is 5.11 Å². The molecular weight excluding hydrogens is 332 g/mol. The molecule has 0 saturated carbocycles. The molecule has 4 nitrogen and oxygen atoms in total. The molecule has 5 heteroatoms. The van der Waals surface area contributed by atoms with Crippen molar-refractivity contribution in [1.29, 1.82) is 0 Å². The Morgan fingerprint density at radius 3 is 2.64 bits per heavy atom. The van der Waals surface area contributed by atoms with Crippen LogP contribution in [0.25, 0.3) is 0 Å². The molecule has 1 amide bonds. The quantitative estimate of drug-likeness (QED) is 0.766. The minimum atomic E-state index is -0.140. The van der Waals surface area contributed by atoms with Crippen LogP contribution >= 0.6 is 12.2 Å². The molecule has 0 aliphatic carbocycles. The molecule has 0 saturated heterocycles. The van der Waals surface area contributed by atoms with Gasteiger partial charge in [0.2, 0.25) is 5.91 Å². The number of benzene rings is 2. The summed E-state index contributed by atoms with van der Waals surface area (Å²) in [6, 6.07) is 15.3. The number of hydrogen-bond acceptors (Lipinski definition) is 3. The molecule has 0 aromatic heterocycles. The maximum absolute atomic E-state index is 12.1. The van der Waals surface area contributed by atoms with Gasteiger partial charge in [0.05, 0.1) is 13.0 Å². The Morgan fingerprint density at radius 1 is 1.16 bits per heavy atom.